The molecule has 0 aliphatic rings. The molecule has 0 saturated heterocycles. The predicted octanol–water partition coefficient (Wildman–Crippen LogP) is 5.87. The van der Waals surface area contributed by atoms with Crippen LogP contribution in [0.5, 0.6) is 5.75 Å². The van der Waals surface area contributed by atoms with Crippen molar-refractivity contribution in [2.24, 2.45) is 0 Å². The first-order valence-corrected chi connectivity index (χ1v) is 11.5. The number of Topliss-reactive ketones (excluding diaryl/α,β-unsaturated/α-hetero) is 1. The van der Waals surface area contributed by atoms with Gasteiger partial charge >= 0.3 is 5.97 Å². The third kappa shape index (κ3) is 6.03. The quantitative estimate of drug-likeness (QED) is 0.271. The Labute approximate surface area is 204 Å². The Morgan fingerprint density at radius 3 is 2.26 bits per heavy atom. The molecule has 4 aromatic rings. The van der Waals surface area contributed by atoms with Crippen LogP contribution < -0.4 is 4.74 Å². The summed E-state index contributed by atoms with van der Waals surface area (Å²) < 4.78 is 17.2. The molecular weight excluding hydrogens is 442 g/mol. The van der Waals surface area contributed by atoms with Crippen molar-refractivity contribution in [3.63, 3.8) is 0 Å². The average molecular weight is 470 g/mol. The van der Waals surface area contributed by atoms with Crippen molar-refractivity contribution in [1.82, 2.24) is 4.98 Å². The van der Waals surface area contributed by atoms with Crippen LogP contribution in [0, 0.1) is 0 Å². The molecule has 178 valence electrons. The highest BCUT2D eigenvalue weighted by Gasteiger charge is 2.30. The lowest BCUT2D eigenvalue weighted by Gasteiger charge is -2.13. The van der Waals surface area contributed by atoms with Crippen LogP contribution in [-0.4, -0.2) is 30.0 Å². The highest BCUT2D eigenvalue weighted by atomic mass is 16.5. The molecule has 1 aromatic heterocycles. The predicted molar refractivity (Wildman–Crippen MR) is 133 cm³/mol. The van der Waals surface area contributed by atoms with Crippen LogP contribution in [0.15, 0.2) is 89.3 Å². The minimum absolute atomic E-state index is 0.00856. The van der Waals surface area contributed by atoms with Crippen molar-refractivity contribution in [2.75, 3.05) is 13.2 Å². The van der Waals surface area contributed by atoms with Crippen LogP contribution in [0.25, 0.3) is 22.6 Å². The summed E-state index contributed by atoms with van der Waals surface area (Å²) in [7, 11) is 0. The lowest BCUT2D eigenvalue weighted by atomic mass is 9.99. The molecule has 0 fully saturated rings. The number of nitrogens with zero attached hydrogens (tertiary/aromatic N) is 1. The Morgan fingerprint density at radius 2 is 1.60 bits per heavy atom. The van der Waals surface area contributed by atoms with Gasteiger partial charge < -0.3 is 13.9 Å². The number of ketones is 1. The number of hydrogen-bond donors (Lipinski definition) is 0. The SMILES string of the molecule is CCOC(=O)C(Cc1cccc(OCC(C)=O)c1)c1nc(-c2ccccc2)c(-c2ccccc2)o1. The van der Waals surface area contributed by atoms with Gasteiger partial charge in [-0.2, -0.15) is 0 Å². The fraction of sp³-hybridized carbons (Fsp3) is 0.207. The number of carbonyl (C=O) groups excluding carboxylic acids is 2. The second-order valence-corrected chi connectivity index (χ2v) is 8.11. The van der Waals surface area contributed by atoms with E-state index in [0.29, 0.717) is 23.6 Å². The van der Waals surface area contributed by atoms with E-state index in [1.807, 2.05) is 78.9 Å². The Balaban J connectivity index is 1.73. The number of rotatable bonds is 10. The lowest BCUT2D eigenvalue weighted by molar-refractivity contribution is -0.145. The van der Waals surface area contributed by atoms with Gasteiger partial charge in [0.2, 0.25) is 5.89 Å². The third-order valence-corrected chi connectivity index (χ3v) is 5.38. The van der Waals surface area contributed by atoms with Crippen molar-refractivity contribution in [1.29, 1.82) is 0 Å². The van der Waals surface area contributed by atoms with E-state index in [0.717, 1.165) is 16.7 Å². The van der Waals surface area contributed by atoms with E-state index in [1.54, 1.807) is 13.0 Å². The molecule has 1 atom stereocenters. The summed E-state index contributed by atoms with van der Waals surface area (Å²) in [6.07, 6.45) is 0.305. The number of oxazole rings is 1. The number of ether oxygens (including phenoxy) is 2. The Morgan fingerprint density at radius 1 is 0.914 bits per heavy atom. The molecule has 1 heterocycles. The van der Waals surface area contributed by atoms with Crippen molar-refractivity contribution in [2.45, 2.75) is 26.2 Å². The molecule has 4 rings (SSSR count). The minimum atomic E-state index is -0.752. The van der Waals surface area contributed by atoms with Gasteiger partial charge in [-0.3, -0.25) is 9.59 Å². The van der Waals surface area contributed by atoms with Crippen LogP contribution in [0.1, 0.15) is 31.2 Å². The van der Waals surface area contributed by atoms with E-state index in [4.69, 9.17) is 18.9 Å². The molecule has 0 radical (unpaired) electrons. The maximum Gasteiger partial charge on any atom is 0.318 e. The summed E-state index contributed by atoms with van der Waals surface area (Å²) in [5.74, 6) is 0.209. The monoisotopic (exact) mass is 469 g/mol. The molecule has 0 amide bonds. The van der Waals surface area contributed by atoms with Gasteiger partial charge in [0.1, 0.15) is 24.0 Å². The molecule has 6 heteroatoms. The first-order chi connectivity index (χ1) is 17.0. The fourth-order valence-corrected chi connectivity index (χ4v) is 3.76. The van der Waals surface area contributed by atoms with Gasteiger partial charge in [0.25, 0.3) is 0 Å². The molecular formula is C29H27NO5. The van der Waals surface area contributed by atoms with Gasteiger partial charge in [0.05, 0.1) is 6.61 Å². The van der Waals surface area contributed by atoms with Gasteiger partial charge in [-0.25, -0.2) is 4.98 Å². The molecule has 0 aliphatic carbocycles. The summed E-state index contributed by atoms with van der Waals surface area (Å²) in [4.78, 5) is 29.1. The first-order valence-electron chi connectivity index (χ1n) is 11.5. The van der Waals surface area contributed by atoms with E-state index in [-0.39, 0.29) is 24.9 Å². The van der Waals surface area contributed by atoms with Gasteiger partial charge in [-0.05, 0) is 38.0 Å². The number of hydrogen-bond acceptors (Lipinski definition) is 6. The van der Waals surface area contributed by atoms with Crippen LogP contribution >= 0.6 is 0 Å². The summed E-state index contributed by atoms with van der Waals surface area (Å²) in [6.45, 7) is 3.48. The molecule has 0 bridgehead atoms. The van der Waals surface area contributed by atoms with Crippen molar-refractivity contribution >= 4 is 11.8 Å². The van der Waals surface area contributed by atoms with E-state index in [1.165, 1.54) is 6.92 Å². The molecule has 0 aliphatic heterocycles. The highest BCUT2D eigenvalue weighted by molar-refractivity contribution is 5.80. The standard InChI is InChI=1S/C29H27NO5/c1-3-33-29(32)25(18-21-11-10-16-24(17-21)34-19-20(2)31)28-30-26(22-12-6-4-7-13-22)27(35-28)23-14-8-5-9-15-23/h4-17,25H,3,18-19H2,1-2H3. The maximum atomic E-state index is 13.0. The second kappa shape index (κ2) is 11.3. The fourth-order valence-electron chi connectivity index (χ4n) is 3.76. The van der Waals surface area contributed by atoms with E-state index in [2.05, 4.69) is 0 Å². The Kier molecular flexibility index (Phi) is 7.73. The van der Waals surface area contributed by atoms with Crippen molar-refractivity contribution in [3.8, 4) is 28.3 Å². The van der Waals surface area contributed by atoms with Crippen LogP contribution in [-0.2, 0) is 20.7 Å². The maximum absolute atomic E-state index is 13.0. The summed E-state index contributed by atoms with van der Waals surface area (Å²) >= 11 is 0. The molecule has 3 aromatic carbocycles. The summed E-state index contributed by atoms with van der Waals surface area (Å²) in [6, 6.07) is 26.8. The van der Waals surface area contributed by atoms with E-state index in [9.17, 15) is 9.59 Å². The topological polar surface area (TPSA) is 78.6 Å². The van der Waals surface area contributed by atoms with Crippen LogP contribution in [0.4, 0.5) is 0 Å². The number of aromatic nitrogens is 1. The van der Waals surface area contributed by atoms with Gasteiger partial charge in [0.15, 0.2) is 11.5 Å². The van der Waals surface area contributed by atoms with Gasteiger partial charge in [-0.15, -0.1) is 0 Å². The molecule has 0 saturated carbocycles. The third-order valence-electron chi connectivity index (χ3n) is 5.38. The van der Waals surface area contributed by atoms with Crippen LogP contribution in [0.3, 0.4) is 0 Å². The molecule has 0 N–H and O–H groups in total. The second-order valence-electron chi connectivity index (χ2n) is 8.11. The largest absolute Gasteiger partial charge is 0.486 e. The van der Waals surface area contributed by atoms with E-state index < -0.39 is 11.9 Å². The highest BCUT2D eigenvalue weighted by Crippen LogP contribution is 2.36. The molecule has 6 nitrogen and oxygen atoms in total. The average Bonchev–Trinajstić information content (AvgIpc) is 3.33. The first kappa shape index (κ1) is 24.0. The summed E-state index contributed by atoms with van der Waals surface area (Å²) in [5, 5.41) is 0. The smallest absolute Gasteiger partial charge is 0.318 e. The zero-order chi connectivity index (χ0) is 24.6. The molecule has 35 heavy (non-hydrogen) atoms. The van der Waals surface area contributed by atoms with Crippen LogP contribution in [0.2, 0.25) is 0 Å². The molecule has 1 unspecified atom stereocenters. The Bertz CT molecular complexity index is 1220. The Hall–Kier alpha value is -4.19. The zero-order valence-electron chi connectivity index (χ0n) is 19.8. The van der Waals surface area contributed by atoms with Crippen molar-refractivity contribution < 1.29 is 23.5 Å². The van der Waals surface area contributed by atoms with Crippen molar-refractivity contribution in [3.05, 3.63) is 96.4 Å². The minimum Gasteiger partial charge on any atom is -0.486 e. The van der Waals surface area contributed by atoms with Gasteiger partial charge in [-0.1, -0.05) is 72.8 Å². The number of esters is 1. The summed E-state index contributed by atoms with van der Waals surface area (Å²) in [5.41, 5.74) is 3.26. The number of benzene rings is 3. The number of carbonyl (C=O) groups is 2. The lowest BCUT2D eigenvalue weighted by Crippen LogP contribution is -2.19. The zero-order valence-corrected chi connectivity index (χ0v) is 19.8. The normalized spacial score (nSPS) is 11.6. The molecule has 0 spiro atoms. The van der Waals surface area contributed by atoms with Gasteiger partial charge in [0, 0.05) is 11.1 Å². The van der Waals surface area contributed by atoms with E-state index >= 15 is 0 Å².